The van der Waals surface area contributed by atoms with Crippen LogP contribution in [0.15, 0.2) is 0 Å². The van der Waals surface area contributed by atoms with Crippen molar-refractivity contribution in [1.82, 2.24) is 5.32 Å². The lowest BCUT2D eigenvalue weighted by Crippen LogP contribution is -2.34. The van der Waals surface area contributed by atoms with Crippen molar-refractivity contribution in [1.29, 1.82) is 0 Å². The van der Waals surface area contributed by atoms with Crippen molar-refractivity contribution in [3.05, 3.63) is 0 Å². The molecule has 4 heteroatoms. The van der Waals surface area contributed by atoms with Gasteiger partial charge in [0.05, 0.1) is 0 Å². The van der Waals surface area contributed by atoms with Crippen LogP contribution < -0.4 is 5.32 Å². The second-order valence-corrected chi connectivity index (χ2v) is 8.12. The number of carbonyl (C=O) groups excluding carboxylic acids is 2. The third kappa shape index (κ3) is 3.74. The van der Waals surface area contributed by atoms with Crippen LogP contribution in [0.1, 0.15) is 52.9 Å². The maximum Gasteiger partial charge on any atom is 0.220 e. The lowest BCUT2D eigenvalue weighted by atomic mass is 9.87. The predicted molar refractivity (Wildman–Crippen MR) is 79.2 cm³/mol. The van der Waals surface area contributed by atoms with Crippen LogP contribution in [0.2, 0.25) is 0 Å². The van der Waals surface area contributed by atoms with Crippen molar-refractivity contribution in [3.63, 3.8) is 0 Å². The van der Waals surface area contributed by atoms with Gasteiger partial charge in [-0.2, -0.15) is 11.8 Å². The first-order valence-electron chi connectivity index (χ1n) is 7.32. The monoisotopic (exact) mass is 283 g/mol. The van der Waals surface area contributed by atoms with Gasteiger partial charge in [-0.3, -0.25) is 9.59 Å². The van der Waals surface area contributed by atoms with E-state index in [9.17, 15) is 9.59 Å². The Balaban J connectivity index is 1.67. The van der Waals surface area contributed by atoms with Gasteiger partial charge in [0.15, 0.2) is 0 Å². The number of hydrogen-bond donors (Lipinski definition) is 1. The molecule has 2 fully saturated rings. The second-order valence-electron chi connectivity index (χ2n) is 6.85. The first kappa shape index (κ1) is 14.9. The molecule has 0 aliphatic carbocycles. The summed E-state index contributed by atoms with van der Waals surface area (Å²) in [6.07, 6.45) is 4.62. The SMILES string of the molecule is CC(C)(C)C(=O)CCCC[C@@H]1SC[C@@H]2CC(=O)N[C@@H]21. The Morgan fingerprint density at radius 2 is 2.11 bits per heavy atom. The zero-order valence-electron chi connectivity index (χ0n) is 12.2. The summed E-state index contributed by atoms with van der Waals surface area (Å²) in [6.45, 7) is 5.96. The topological polar surface area (TPSA) is 46.2 Å². The highest BCUT2D eigenvalue weighted by Gasteiger charge is 2.42. The van der Waals surface area contributed by atoms with Gasteiger partial charge in [0.25, 0.3) is 0 Å². The molecular weight excluding hydrogens is 258 g/mol. The molecule has 108 valence electrons. The zero-order valence-corrected chi connectivity index (χ0v) is 13.0. The predicted octanol–water partition coefficient (Wildman–Crippen LogP) is 2.78. The van der Waals surface area contributed by atoms with Gasteiger partial charge in [0.2, 0.25) is 5.91 Å². The molecular formula is C15H25NO2S. The molecule has 1 amide bonds. The minimum absolute atomic E-state index is 0.202. The summed E-state index contributed by atoms with van der Waals surface area (Å²) in [6, 6.07) is 0.399. The highest BCUT2D eigenvalue weighted by molar-refractivity contribution is 8.00. The van der Waals surface area contributed by atoms with Crippen molar-refractivity contribution < 1.29 is 9.59 Å². The molecule has 3 nitrogen and oxygen atoms in total. The van der Waals surface area contributed by atoms with Crippen LogP contribution in [0.25, 0.3) is 0 Å². The van der Waals surface area contributed by atoms with E-state index in [0.717, 1.165) is 31.4 Å². The van der Waals surface area contributed by atoms with Gasteiger partial charge >= 0.3 is 0 Å². The van der Waals surface area contributed by atoms with Crippen LogP contribution >= 0.6 is 11.8 Å². The fourth-order valence-electron chi connectivity index (χ4n) is 2.91. The summed E-state index contributed by atoms with van der Waals surface area (Å²) in [5.41, 5.74) is -0.202. The van der Waals surface area contributed by atoms with Gasteiger partial charge in [-0.1, -0.05) is 27.2 Å². The summed E-state index contributed by atoms with van der Waals surface area (Å²) in [7, 11) is 0. The molecule has 2 saturated heterocycles. The van der Waals surface area contributed by atoms with E-state index in [1.807, 2.05) is 32.5 Å². The number of thioether (sulfide) groups is 1. The van der Waals surface area contributed by atoms with Gasteiger partial charge in [-0.25, -0.2) is 0 Å². The van der Waals surface area contributed by atoms with E-state index in [1.165, 1.54) is 0 Å². The van der Waals surface area contributed by atoms with Crippen molar-refractivity contribution in [2.75, 3.05) is 5.75 Å². The molecule has 0 bridgehead atoms. The number of nitrogens with one attached hydrogen (secondary N) is 1. The number of rotatable bonds is 5. The molecule has 2 aliphatic heterocycles. The maximum atomic E-state index is 11.8. The molecule has 0 radical (unpaired) electrons. The lowest BCUT2D eigenvalue weighted by Gasteiger charge is -2.19. The number of fused-ring (bicyclic) bond motifs is 1. The molecule has 0 unspecified atom stereocenters. The highest BCUT2D eigenvalue weighted by atomic mass is 32.2. The Morgan fingerprint density at radius 3 is 2.79 bits per heavy atom. The number of unbranched alkanes of at least 4 members (excludes halogenated alkanes) is 1. The molecule has 1 N–H and O–H groups in total. The molecule has 2 aliphatic rings. The number of hydrogen-bond acceptors (Lipinski definition) is 3. The summed E-state index contributed by atoms with van der Waals surface area (Å²) >= 11 is 2.00. The van der Waals surface area contributed by atoms with E-state index in [4.69, 9.17) is 0 Å². The first-order valence-corrected chi connectivity index (χ1v) is 8.37. The molecule has 0 aromatic heterocycles. The minimum atomic E-state index is -0.202. The van der Waals surface area contributed by atoms with Crippen LogP contribution in [0.4, 0.5) is 0 Å². The summed E-state index contributed by atoms with van der Waals surface area (Å²) < 4.78 is 0. The Hall–Kier alpha value is -0.510. The van der Waals surface area contributed by atoms with Crippen molar-refractivity contribution in [2.45, 2.75) is 64.2 Å². The largest absolute Gasteiger partial charge is 0.352 e. The van der Waals surface area contributed by atoms with Crippen molar-refractivity contribution in [2.24, 2.45) is 11.3 Å². The van der Waals surface area contributed by atoms with E-state index in [1.54, 1.807) is 0 Å². The number of amides is 1. The number of Topliss-reactive ketones (excluding diaryl/α,β-unsaturated/α-hetero) is 1. The van der Waals surface area contributed by atoms with Gasteiger partial charge in [-0.05, 0) is 24.5 Å². The molecule has 3 atom stereocenters. The van der Waals surface area contributed by atoms with Gasteiger partial charge in [-0.15, -0.1) is 0 Å². The Morgan fingerprint density at radius 1 is 1.37 bits per heavy atom. The van der Waals surface area contributed by atoms with Crippen LogP contribution in [0.5, 0.6) is 0 Å². The Kier molecular flexibility index (Phi) is 4.59. The average Bonchev–Trinajstić information content (AvgIpc) is 2.82. The van der Waals surface area contributed by atoms with Crippen LogP contribution in [0, 0.1) is 11.3 Å². The van der Waals surface area contributed by atoms with Crippen LogP contribution in [-0.4, -0.2) is 28.7 Å². The Bertz CT molecular complexity index is 362. The molecule has 0 spiro atoms. The Labute approximate surface area is 120 Å². The molecule has 2 rings (SSSR count). The van der Waals surface area contributed by atoms with Crippen LogP contribution in [0.3, 0.4) is 0 Å². The number of carbonyl (C=O) groups is 2. The molecule has 2 heterocycles. The molecule has 0 aromatic carbocycles. The average molecular weight is 283 g/mol. The van der Waals surface area contributed by atoms with E-state index in [2.05, 4.69) is 5.32 Å². The van der Waals surface area contributed by atoms with Gasteiger partial charge in [0.1, 0.15) is 5.78 Å². The maximum absolute atomic E-state index is 11.8. The van der Waals surface area contributed by atoms with Gasteiger partial charge in [0, 0.05) is 29.5 Å². The fraction of sp³-hybridized carbons (Fsp3) is 0.867. The standard InChI is InChI=1S/C15H25NO2S/c1-15(2,3)12(17)7-5-4-6-11-14-10(9-19-11)8-13(18)16-14/h10-11,14H,4-9H2,1-3H3,(H,16,18)/t10-,11-,14-/m0/s1. The fourth-order valence-corrected chi connectivity index (χ4v) is 4.56. The van der Waals surface area contributed by atoms with Crippen molar-refractivity contribution in [3.8, 4) is 0 Å². The third-order valence-electron chi connectivity index (χ3n) is 4.19. The van der Waals surface area contributed by atoms with Gasteiger partial charge < -0.3 is 5.32 Å². The van der Waals surface area contributed by atoms with E-state index in [0.29, 0.717) is 29.4 Å². The summed E-state index contributed by atoms with van der Waals surface area (Å²) in [4.78, 5) is 23.2. The van der Waals surface area contributed by atoms with E-state index in [-0.39, 0.29) is 11.3 Å². The second kappa shape index (κ2) is 5.86. The van der Waals surface area contributed by atoms with Crippen LogP contribution in [-0.2, 0) is 9.59 Å². The molecule has 0 saturated carbocycles. The smallest absolute Gasteiger partial charge is 0.220 e. The summed E-state index contributed by atoms with van der Waals surface area (Å²) in [5.74, 6) is 2.26. The highest BCUT2D eigenvalue weighted by Crippen LogP contribution is 2.39. The van der Waals surface area contributed by atoms with E-state index < -0.39 is 0 Å². The molecule has 19 heavy (non-hydrogen) atoms. The summed E-state index contributed by atoms with van der Waals surface area (Å²) in [5, 5.41) is 3.68. The third-order valence-corrected chi connectivity index (χ3v) is 5.76. The lowest BCUT2D eigenvalue weighted by molar-refractivity contribution is -0.126. The quantitative estimate of drug-likeness (QED) is 0.789. The normalized spacial score (nSPS) is 30.3. The van der Waals surface area contributed by atoms with E-state index >= 15 is 0 Å². The number of ketones is 1. The zero-order chi connectivity index (χ0) is 14.0. The van der Waals surface area contributed by atoms with Crippen molar-refractivity contribution >= 4 is 23.5 Å². The first-order chi connectivity index (χ1) is 8.88. The minimum Gasteiger partial charge on any atom is -0.352 e. The molecule has 0 aromatic rings.